The van der Waals surface area contributed by atoms with Crippen LogP contribution < -0.4 is 19.8 Å². The molecule has 0 unspecified atom stereocenters. The van der Waals surface area contributed by atoms with Crippen LogP contribution in [0.3, 0.4) is 0 Å². The minimum Gasteiger partial charge on any atom is -0.496 e. The van der Waals surface area contributed by atoms with Gasteiger partial charge in [0.25, 0.3) is 5.91 Å². The molecule has 6 nitrogen and oxygen atoms in total. The van der Waals surface area contributed by atoms with Crippen molar-refractivity contribution in [2.45, 2.75) is 18.4 Å². The Kier molecular flexibility index (Phi) is 8.97. The summed E-state index contributed by atoms with van der Waals surface area (Å²) in [5, 5.41) is 4.04. The summed E-state index contributed by atoms with van der Waals surface area (Å²) in [5.74, 6) is 3.45. The van der Waals surface area contributed by atoms with Gasteiger partial charge in [-0.15, -0.1) is 23.5 Å². The number of nitrogens with one attached hydrogen (secondary N) is 1. The summed E-state index contributed by atoms with van der Waals surface area (Å²) in [4.78, 5) is 14.3. The van der Waals surface area contributed by atoms with Crippen molar-refractivity contribution in [2.75, 3.05) is 43.2 Å². The number of methoxy groups -OCH3 is 1. The van der Waals surface area contributed by atoms with Crippen LogP contribution in [-0.4, -0.2) is 50.4 Å². The first-order valence-corrected chi connectivity index (χ1v) is 12.4. The topological polar surface area (TPSA) is 63.2 Å². The molecule has 1 saturated heterocycles. The lowest BCUT2D eigenvalue weighted by Gasteiger charge is -2.21. The van der Waals surface area contributed by atoms with E-state index in [0.29, 0.717) is 16.1 Å². The van der Waals surface area contributed by atoms with Crippen LogP contribution in [0.1, 0.15) is 29.6 Å². The van der Waals surface area contributed by atoms with Gasteiger partial charge >= 0.3 is 0 Å². The van der Waals surface area contributed by atoms with Gasteiger partial charge in [0.1, 0.15) is 11.5 Å². The molecule has 1 fully saturated rings. The van der Waals surface area contributed by atoms with Gasteiger partial charge in [0.05, 0.1) is 17.9 Å². The average molecular weight is 460 g/mol. The van der Waals surface area contributed by atoms with Crippen molar-refractivity contribution in [3.8, 4) is 11.5 Å². The molecule has 166 valence electrons. The fourth-order valence-electron chi connectivity index (χ4n) is 3.22. The molecular weight excluding hydrogens is 430 g/mol. The molecule has 31 heavy (non-hydrogen) atoms. The summed E-state index contributed by atoms with van der Waals surface area (Å²) >= 11 is 3.93. The van der Waals surface area contributed by atoms with Crippen molar-refractivity contribution in [1.29, 1.82) is 0 Å². The first kappa shape index (κ1) is 23.3. The van der Waals surface area contributed by atoms with Gasteiger partial charge in [-0.05, 0) is 43.7 Å². The number of thioether (sulfide) groups is 2. The summed E-state index contributed by atoms with van der Waals surface area (Å²) < 4.78 is 11.6. The summed E-state index contributed by atoms with van der Waals surface area (Å²) in [7, 11) is 1.63. The maximum Gasteiger partial charge on any atom is 0.277 e. The Hall–Kier alpha value is -2.32. The molecule has 0 bridgehead atoms. The van der Waals surface area contributed by atoms with Crippen molar-refractivity contribution >= 4 is 41.3 Å². The summed E-state index contributed by atoms with van der Waals surface area (Å²) in [6, 6.07) is 13.9. The van der Waals surface area contributed by atoms with Crippen LogP contribution >= 0.6 is 23.5 Å². The number of benzene rings is 2. The third kappa shape index (κ3) is 6.58. The first-order chi connectivity index (χ1) is 15.1. The van der Waals surface area contributed by atoms with Gasteiger partial charge in [-0.3, -0.25) is 4.79 Å². The van der Waals surface area contributed by atoms with E-state index in [1.165, 1.54) is 17.1 Å². The number of ether oxygens (including phenoxy) is 2. The lowest BCUT2D eigenvalue weighted by atomic mass is 10.2. The summed E-state index contributed by atoms with van der Waals surface area (Å²) in [6.45, 7) is 5.98. The number of carbonyl (C=O) groups is 1. The molecule has 2 aromatic carbocycles. The molecular formula is C23H29N3O3S2. The van der Waals surface area contributed by atoms with E-state index in [4.69, 9.17) is 9.47 Å². The van der Waals surface area contributed by atoms with Crippen LogP contribution in [0, 0.1) is 0 Å². The Labute approximate surface area is 192 Å². The summed E-state index contributed by atoms with van der Waals surface area (Å²) in [6.07, 6.45) is 1.58. The van der Waals surface area contributed by atoms with Crippen LogP contribution in [0.25, 0.3) is 0 Å². The number of carbonyl (C=O) groups excluding carboxylic acids is 1. The van der Waals surface area contributed by atoms with Gasteiger partial charge in [-0.1, -0.05) is 12.1 Å². The highest BCUT2D eigenvalue weighted by Crippen LogP contribution is 2.45. The highest BCUT2D eigenvalue weighted by Gasteiger charge is 2.18. The lowest BCUT2D eigenvalue weighted by Crippen LogP contribution is -2.24. The van der Waals surface area contributed by atoms with Gasteiger partial charge < -0.3 is 14.4 Å². The Morgan fingerprint density at radius 1 is 1.16 bits per heavy atom. The number of anilines is 1. The quantitative estimate of drug-likeness (QED) is 0.415. The molecule has 1 aliphatic heterocycles. The van der Waals surface area contributed by atoms with E-state index < -0.39 is 0 Å². The van der Waals surface area contributed by atoms with Gasteiger partial charge in [0, 0.05) is 41.9 Å². The maximum atomic E-state index is 12.1. The average Bonchev–Trinajstić information content (AvgIpc) is 3.34. The van der Waals surface area contributed by atoms with E-state index in [9.17, 15) is 4.79 Å². The largest absolute Gasteiger partial charge is 0.496 e. The minimum absolute atomic E-state index is 0.0956. The van der Waals surface area contributed by atoms with Gasteiger partial charge in [0.15, 0.2) is 6.61 Å². The molecule has 1 N–H and O–H groups in total. The Morgan fingerprint density at radius 3 is 2.52 bits per heavy atom. The smallest absolute Gasteiger partial charge is 0.277 e. The summed E-state index contributed by atoms with van der Waals surface area (Å²) in [5.41, 5.74) is 5.67. The van der Waals surface area contributed by atoms with Crippen LogP contribution in [-0.2, 0) is 4.79 Å². The molecule has 8 heteroatoms. The van der Waals surface area contributed by atoms with Crippen molar-refractivity contribution < 1.29 is 14.3 Å². The molecule has 0 radical (unpaired) electrons. The zero-order valence-electron chi connectivity index (χ0n) is 18.2. The third-order valence-electron chi connectivity index (χ3n) is 4.88. The molecule has 3 rings (SSSR count). The molecule has 0 saturated carbocycles. The van der Waals surface area contributed by atoms with Gasteiger partial charge in [-0.25, -0.2) is 5.43 Å². The molecule has 0 aromatic heterocycles. The molecule has 1 heterocycles. The Morgan fingerprint density at radius 2 is 1.87 bits per heavy atom. The number of nitrogens with zero attached hydrogens (tertiary/aromatic N) is 2. The number of hydrazone groups is 1. The third-order valence-corrected chi connectivity index (χ3v) is 7.99. The van der Waals surface area contributed by atoms with Crippen molar-refractivity contribution in [3.63, 3.8) is 0 Å². The van der Waals surface area contributed by atoms with E-state index >= 15 is 0 Å². The van der Waals surface area contributed by atoms with E-state index in [1.807, 2.05) is 53.9 Å². The fraction of sp³-hybridized carbons (Fsp3) is 0.391. The zero-order chi connectivity index (χ0) is 22.1. The van der Waals surface area contributed by atoms with Crippen molar-refractivity contribution in [2.24, 2.45) is 5.10 Å². The second-order valence-corrected chi connectivity index (χ2v) is 9.55. The van der Waals surface area contributed by atoms with E-state index in [-0.39, 0.29) is 12.5 Å². The molecule has 1 aliphatic rings. The number of amides is 1. The van der Waals surface area contributed by atoms with Crippen molar-refractivity contribution in [3.05, 3.63) is 53.6 Å². The predicted octanol–water partition coefficient (Wildman–Crippen LogP) is 4.55. The molecule has 1 amide bonds. The van der Waals surface area contributed by atoms with Crippen LogP contribution in [0.15, 0.2) is 47.6 Å². The molecule has 0 spiro atoms. The zero-order valence-corrected chi connectivity index (χ0v) is 19.8. The highest BCUT2D eigenvalue weighted by atomic mass is 32.2. The first-order valence-electron chi connectivity index (χ1n) is 10.4. The number of hydrogen-bond acceptors (Lipinski definition) is 7. The van der Waals surface area contributed by atoms with E-state index in [1.54, 1.807) is 13.3 Å². The number of hydrogen-bond donors (Lipinski definition) is 1. The van der Waals surface area contributed by atoms with Gasteiger partial charge in [0.2, 0.25) is 0 Å². The SMILES string of the molecule is CCN(CC)c1ccc(/C=N\NC(=O)COc2ccc(C3SCCS3)cc2)c(OC)c1. The standard InChI is InChI=1S/C23H29N3O3S2/c1-4-26(5-2)19-9-6-18(21(14-19)28-3)15-24-25-22(27)16-29-20-10-7-17(8-11-20)23-30-12-13-31-23/h6-11,14-15,23H,4-5,12-13,16H2,1-3H3,(H,25,27)/b24-15-. The number of rotatable bonds is 10. The second kappa shape index (κ2) is 11.9. The fourth-order valence-corrected chi connectivity index (χ4v) is 6.08. The molecule has 2 aromatic rings. The molecule has 0 atom stereocenters. The Bertz CT molecular complexity index is 880. The van der Waals surface area contributed by atoms with E-state index in [2.05, 4.69) is 41.4 Å². The van der Waals surface area contributed by atoms with Gasteiger partial charge in [-0.2, -0.15) is 5.10 Å². The lowest BCUT2D eigenvalue weighted by molar-refractivity contribution is -0.123. The Balaban J connectivity index is 1.49. The van der Waals surface area contributed by atoms with Crippen molar-refractivity contribution in [1.82, 2.24) is 5.43 Å². The normalized spacial score (nSPS) is 14.0. The second-order valence-electron chi connectivity index (χ2n) is 6.82. The monoisotopic (exact) mass is 459 g/mol. The maximum absolute atomic E-state index is 12.1. The van der Waals surface area contributed by atoms with Crippen LogP contribution in [0.4, 0.5) is 5.69 Å². The van der Waals surface area contributed by atoms with Crippen LogP contribution in [0.2, 0.25) is 0 Å². The predicted molar refractivity (Wildman–Crippen MR) is 132 cm³/mol. The highest BCUT2D eigenvalue weighted by molar-refractivity contribution is 8.19. The minimum atomic E-state index is -0.319. The van der Waals surface area contributed by atoms with E-state index in [0.717, 1.165) is 24.3 Å². The molecule has 0 aliphatic carbocycles. The van der Waals surface area contributed by atoms with Crippen LogP contribution in [0.5, 0.6) is 11.5 Å².